The summed E-state index contributed by atoms with van der Waals surface area (Å²) < 4.78 is 0. The minimum Gasteiger partial charge on any atom is -0.312 e. The molecule has 0 heterocycles. The van der Waals surface area contributed by atoms with Gasteiger partial charge in [-0.3, -0.25) is 4.90 Å². The largest absolute Gasteiger partial charge is 0.312 e. The summed E-state index contributed by atoms with van der Waals surface area (Å²) in [5.41, 5.74) is 0. The van der Waals surface area contributed by atoms with Crippen molar-refractivity contribution in [3.63, 3.8) is 0 Å². The van der Waals surface area contributed by atoms with Gasteiger partial charge in [-0.1, -0.05) is 19.8 Å². The molecule has 2 aliphatic carbocycles. The first kappa shape index (κ1) is 12.4. The SMILES string of the molecule is CC1CCCCC1N(C)C(C)CNC1CC1. The van der Waals surface area contributed by atoms with Crippen LogP contribution < -0.4 is 5.32 Å². The van der Waals surface area contributed by atoms with Gasteiger partial charge in [-0.15, -0.1) is 0 Å². The van der Waals surface area contributed by atoms with Crippen LogP contribution in [0.1, 0.15) is 52.4 Å². The van der Waals surface area contributed by atoms with Crippen LogP contribution in [-0.2, 0) is 0 Å². The van der Waals surface area contributed by atoms with Crippen molar-refractivity contribution >= 4 is 0 Å². The van der Waals surface area contributed by atoms with E-state index in [2.05, 4.69) is 31.1 Å². The normalized spacial score (nSPS) is 33.0. The maximum atomic E-state index is 3.65. The monoisotopic (exact) mass is 224 g/mol. The highest BCUT2D eigenvalue weighted by Crippen LogP contribution is 2.28. The summed E-state index contributed by atoms with van der Waals surface area (Å²) in [4.78, 5) is 2.62. The Kier molecular flexibility index (Phi) is 4.26. The van der Waals surface area contributed by atoms with E-state index in [-0.39, 0.29) is 0 Å². The molecule has 2 heteroatoms. The first-order valence-electron chi connectivity index (χ1n) is 7.14. The van der Waals surface area contributed by atoms with E-state index in [1.165, 1.54) is 45.1 Å². The van der Waals surface area contributed by atoms with Crippen LogP contribution in [0.15, 0.2) is 0 Å². The first-order valence-corrected chi connectivity index (χ1v) is 7.14. The van der Waals surface area contributed by atoms with Crippen molar-refractivity contribution in [2.75, 3.05) is 13.6 Å². The zero-order chi connectivity index (χ0) is 11.5. The van der Waals surface area contributed by atoms with Crippen molar-refractivity contribution in [2.24, 2.45) is 5.92 Å². The molecule has 2 nitrogen and oxygen atoms in total. The summed E-state index contributed by atoms with van der Waals surface area (Å²) in [6.45, 7) is 5.97. The lowest BCUT2D eigenvalue weighted by atomic mass is 9.84. The number of nitrogens with zero attached hydrogens (tertiary/aromatic N) is 1. The standard InChI is InChI=1S/C14H28N2/c1-11-6-4-5-7-14(11)16(3)12(2)10-15-13-8-9-13/h11-15H,4-10H2,1-3H3. The van der Waals surface area contributed by atoms with Crippen LogP contribution in [0.4, 0.5) is 0 Å². The molecule has 94 valence electrons. The van der Waals surface area contributed by atoms with E-state index < -0.39 is 0 Å². The second-order valence-electron chi connectivity index (χ2n) is 6.03. The van der Waals surface area contributed by atoms with Crippen LogP contribution in [0.25, 0.3) is 0 Å². The van der Waals surface area contributed by atoms with Gasteiger partial charge in [-0.05, 0) is 45.6 Å². The molecule has 2 fully saturated rings. The highest BCUT2D eigenvalue weighted by molar-refractivity contribution is 4.86. The molecule has 0 bridgehead atoms. The Hall–Kier alpha value is -0.0800. The van der Waals surface area contributed by atoms with E-state index in [4.69, 9.17) is 0 Å². The van der Waals surface area contributed by atoms with Crippen molar-refractivity contribution in [1.29, 1.82) is 0 Å². The lowest BCUT2D eigenvalue weighted by Crippen LogP contribution is -2.47. The van der Waals surface area contributed by atoms with Crippen LogP contribution >= 0.6 is 0 Å². The van der Waals surface area contributed by atoms with Crippen molar-refractivity contribution in [3.05, 3.63) is 0 Å². The molecule has 3 unspecified atom stereocenters. The number of likely N-dealkylation sites (N-methyl/N-ethyl adjacent to an activating group) is 1. The molecular weight excluding hydrogens is 196 g/mol. The molecule has 0 aromatic heterocycles. The summed E-state index contributed by atoms with van der Waals surface area (Å²) >= 11 is 0. The van der Waals surface area contributed by atoms with Crippen molar-refractivity contribution < 1.29 is 0 Å². The molecule has 2 aliphatic rings. The Morgan fingerprint density at radius 1 is 1.19 bits per heavy atom. The molecule has 1 N–H and O–H groups in total. The van der Waals surface area contributed by atoms with Crippen LogP contribution in [0.5, 0.6) is 0 Å². The minimum absolute atomic E-state index is 0.686. The Balaban J connectivity index is 1.76. The summed E-state index contributed by atoms with van der Waals surface area (Å²) in [5, 5.41) is 3.65. The average molecular weight is 224 g/mol. The van der Waals surface area contributed by atoms with Crippen LogP contribution in [0.2, 0.25) is 0 Å². The third kappa shape index (κ3) is 3.21. The van der Waals surface area contributed by atoms with Gasteiger partial charge < -0.3 is 5.32 Å². The van der Waals surface area contributed by atoms with Gasteiger partial charge in [0.15, 0.2) is 0 Å². The maximum Gasteiger partial charge on any atom is 0.0192 e. The van der Waals surface area contributed by atoms with Gasteiger partial charge in [0.25, 0.3) is 0 Å². The van der Waals surface area contributed by atoms with Gasteiger partial charge in [0.2, 0.25) is 0 Å². The van der Waals surface area contributed by atoms with Gasteiger partial charge in [0.1, 0.15) is 0 Å². The molecule has 2 rings (SSSR count). The number of nitrogens with one attached hydrogen (secondary N) is 1. The number of hydrogen-bond donors (Lipinski definition) is 1. The molecular formula is C14H28N2. The molecule has 0 amide bonds. The predicted octanol–water partition coefficient (Wildman–Crippen LogP) is 2.64. The van der Waals surface area contributed by atoms with Gasteiger partial charge in [0.05, 0.1) is 0 Å². The third-order valence-corrected chi connectivity index (χ3v) is 4.56. The highest BCUT2D eigenvalue weighted by Gasteiger charge is 2.28. The van der Waals surface area contributed by atoms with Crippen LogP contribution in [0.3, 0.4) is 0 Å². The quantitative estimate of drug-likeness (QED) is 0.772. The van der Waals surface area contributed by atoms with Crippen LogP contribution in [0, 0.1) is 5.92 Å². The van der Waals surface area contributed by atoms with E-state index in [0.29, 0.717) is 6.04 Å². The summed E-state index contributed by atoms with van der Waals surface area (Å²) in [6.07, 6.45) is 8.51. The van der Waals surface area contributed by atoms with Gasteiger partial charge in [-0.2, -0.15) is 0 Å². The lowest BCUT2D eigenvalue weighted by Gasteiger charge is -2.39. The number of hydrogen-bond acceptors (Lipinski definition) is 2. The molecule has 0 aromatic carbocycles. The van der Waals surface area contributed by atoms with Crippen molar-refractivity contribution in [3.8, 4) is 0 Å². The average Bonchev–Trinajstić information content (AvgIpc) is 3.09. The third-order valence-electron chi connectivity index (χ3n) is 4.56. The molecule has 0 aliphatic heterocycles. The van der Waals surface area contributed by atoms with Crippen molar-refractivity contribution in [1.82, 2.24) is 10.2 Å². The molecule has 0 spiro atoms. The van der Waals surface area contributed by atoms with Crippen LogP contribution in [-0.4, -0.2) is 36.6 Å². The molecule has 3 atom stereocenters. The van der Waals surface area contributed by atoms with Gasteiger partial charge in [0, 0.05) is 24.7 Å². The Morgan fingerprint density at radius 3 is 2.50 bits per heavy atom. The summed E-state index contributed by atoms with van der Waals surface area (Å²) in [5.74, 6) is 0.891. The fraction of sp³-hybridized carbons (Fsp3) is 1.00. The smallest absolute Gasteiger partial charge is 0.0192 e. The highest BCUT2D eigenvalue weighted by atomic mass is 15.2. The summed E-state index contributed by atoms with van der Waals surface area (Å²) in [7, 11) is 2.33. The second-order valence-corrected chi connectivity index (χ2v) is 6.03. The van der Waals surface area contributed by atoms with E-state index in [1.54, 1.807) is 0 Å². The van der Waals surface area contributed by atoms with Gasteiger partial charge >= 0.3 is 0 Å². The zero-order valence-corrected chi connectivity index (χ0v) is 11.2. The topological polar surface area (TPSA) is 15.3 Å². The Bertz CT molecular complexity index is 213. The summed E-state index contributed by atoms with van der Waals surface area (Å²) in [6, 6.07) is 2.36. The Morgan fingerprint density at radius 2 is 1.88 bits per heavy atom. The molecule has 0 saturated heterocycles. The molecule has 16 heavy (non-hydrogen) atoms. The molecule has 0 aromatic rings. The zero-order valence-electron chi connectivity index (χ0n) is 11.2. The molecule has 0 radical (unpaired) electrons. The Labute approximate surface area is 101 Å². The second kappa shape index (κ2) is 5.50. The fourth-order valence-corrected chi connectivity index (χ4v) is 3.00. The van der Waals surface area contributed by atoms with Gasteiger partial charge in [-0.25, -0.2) is 0 Å². The fourth-order valence-electron chi connectivity index (χ4n) is 3.00. The van der Waals surface area contributed by atoms with E-state index >= 15 is 0 Å². The predicted molar refractivity (Wildman–Crippen MR) is 69.7 cm³/mol. The first-order chi connectivity index (χ1) is 7.68. The maximum absolute atomic E-state index is 3.65. The van der Waals surface area contributed by atoms with E-state index in [9.17, 15) is 0 Å². The minimum atomic E-state index is 0.686. The van der Waals surface area contributed by atoms with E-state index in [0.717, 1.165) is 18.0 Å². The van der Waals surface area contributed by atoms with E-state index in [1.807, 2.05) is 0 Å². The molecule has 2 saturated carbocycles. The lowest BCUT2D eigenvalue weighted by molar-refractivity contribution is 0.103. The number of rotatable bonds is 5. The van der Waals surface area contributed by atoms with Crippen molar-refractivity contribution in [2.45, 2.75) is 70.5 Å².